The number of aromatic amines is 1. The van der Waals surface area contributed by atoms with E-state index < -0.39 is 0 Å². The summed E-state index contributed by atoms with van der Waals surface area (Å²) < 4.78 is 0. The molecule has 6 heteroatoms. The number of carbonyl (C=O) groups excluding carboxylic acids is 1. The highest BCUT2D eigenvalue weighted by molar-refractivity contribution is 7.13. The van der Waals surface area contributed by atoms with E-state index in [0.717, 1.165) is 48.3 Å². The maximum absolute atomic E-state index is 12.7. The molecule has 22 heavy (non-hydrogen) atoms. The minimum Gasteiger partial charge on any atom is -0.364 e. The SMILES string of the molecule is Cc1csc(N2CCN(C(=O)c3cc[nH]c3C(C)C)CC2)n1. The van der Waals surface area contributed by atoms with Gasteiger partial charge in [-0.2, -0.15) is 0 Å². The minimum atomic E-state index is 0.139. The summed E-state index contributed by atoms with van der Waals surface area (Å²) >= 11 is 1.68. The summed E-state index contributed by atoms with van der Waals surface area (Å²) in [4.78, 5) is 24.6. The predicted molar refractivity (Wildman–Crippen MR) is 89.8 cm³/mol. The summed E-state index contributed by atoms with van der Waals surface area (Å²) in [5, 5.41) is 3.14. The monoisotopic (exact) mass is 318 g/mol. The van der Waals surface area contributed by atoms with Gasteiger partial charge in [-0.25, -0.2) is 4.98 Å². The normalized spacial score (nSPS) is 15.6. The quantitative estimate of drug-likeness (QED) is 0.947. The van der Waals surface area contributed by atoms with Crippen molar-refractivity contribution in [1.29, 1.82) is 0 Å². The lowest BCUT2D eigenvalue weighted by molar-refractivity contribution is 0.0745. The van der Waals surface area contributed by atoms with E-state index in [1.165, 1.54) is 0 Å². The standard InChI is InChI=1S/C16H22N4OS/c1-11(2)14-13(4-5-17-14)15(21)19-6-8-20(9-7-19)16-18-12(3)10-22-16/h4-5,10-11,17H,6-9H2,1-3H3. The van der Waals surface area contributed by atoms with E-state index in [4.69, 9.17) is 0 Å². The largest absolute Gasteiger partial charge is 0.364 e. The Morgan fingerprint density at radius 3 is 2.64 bits per heavy atom. The van der Waals surface area contributed by atoms with Crippen molar-refractivity contribution < 1.29 is 4.79 Å². The fraction of sp³-hybridized carbons (Fsp3) is 0.500. The fourth-order valence-corrected chi connectivity index (χ4v) is 3.66. The van der Waals surface area contributed by atoms with Crippen LogP contribution in [0.4, 0.5) is 5.13 Å². The molecular formula is C16H22N4OS. The molecule has 2 aromatic rings. The molecule has 1 aliphatic heterocycles. The molecule has 1 N–H and O–H groups in total. The van der Waals surface area contributed by atoms with Crippen LogP contribution in [-0.4, -0.2) is 47.0 Å². The predicted octanol–water partition coefficient (Wildman–Crippen LogP) is 2.87. The van der Waals surface area contributed by atoms with Gasteiger partial charge in [0.2, 0.25) is 0 Å². The van der Waals surface area contributed by atoms with Crippen molar-refractivity contribution in [2.75, 3.05) is 31.1 Å². The van der Waals surface area contributed by atoms with Gasteiger partial charge in [-0.15, -0.1) is 11.3 Å². The third kappa shape index (κ3) is 2.88. The molecule has 0 aliphatic carbocycles. The van der Waals surface area contributed by atoms with Crippen LogP contribution in [0.25, 0.3) is 0 Å². The number of H-pyrrole nitrogens is 1. The van der Waals surface area contributed by atoms with E-state index in [9.17, 15) is 4.79 Å². The van der Waals surface area contributed by atoms with Crippen molar-refractivity contribution in [3.63, 3.8) is 0 Å². The zero-order chi connectivity index (χ0) is 15.7. The van der Waals surface area contributed by atoms with Crippen LogP contribution in [0.3, 0.4) is 0 Å². The van der Waals surface area contributed by atoms with Crippen molar-refractivity contribution in [3.05, 3.63) is 34.6 Å². The molecule has 1 fully saturated rings. The number of nitrogens with one attached hydrogen (secondary N) is 1. The molecule has 5 nitrogen and oxygen atoms in total. The number of nitrogens with zero attached hydrogens (tertiary/aromatic N) is 3. The molecule has 0 spiro atoms. The van der Waals surface area contributed by atoms with E-state index in [2.05, 4.69) is 34.1 Å². The third-order valence-corrected chi connectivity index (χ3v) is 5.05. The van der Waals surface area contributed by atoms with Gasteiger partial charge >= 0.3 is 0 Å². The Hall–Kier alpha value is -1.82. The number of hydrogen-bond acceptors (Lipinski definition) is 4. The van der Waals surface area contributed by atoms with Crippen LogP contribution in [0.2, 0.25) is 0 Å². The summed E-state index contributed by atoms with van der Waals surface area (Å²) in [7, 11) is 0. The summed E-state index contributed by atoms with van der Waals surface area (Å²) in [5.41, 5.74) is 2.91. The van der Waals surface area contributed by atoms with Crippen molar-refractivity contribution in [2.24, 2.45) is 0 Å². The van der Waals surface area contributed by atoms with E-state index >= 15 is 0 Å². The van der Waals surface area contributed by atoms with Gasteiger partial charge in [0.05, 0.1) is 11.3 Å². The smallest absolute Gasteiger partial charge is 0.255 e. The average Bonchev–Trinajstić information content (AvgIpc) is 3.15. The summed E-state index contributed by atoms with van der Waals surface area (Å²) in [6, 6.07) is 1.90. The average molecular weight is 318 g/mol. The number of anilines is 1. The van der Waals surface area contributed by atoms with Gasteiger partial charge in [-0.1, -0.05) is 13.8 Å². The van der Waals surface area contributed by atoms with Crippen LogP contribution < -0.4 is 4.90 Å². The molecule has 0 atom stereocenters. The summed E-state index contributed by atoms with van der Waals surface area (Å²) in [6.07, 6.45) is 1.86. The van der Waals surface area contributed by atoms with Gasteiger partial charge in [-0.3, -0.25) is 4.79 Å². The Morgan fingerprint density at radius 2 is 2.05 bits per heavy atom. The first-order valence-electron chi connectivity index (χ1n) is 7.70. The summed E-state index contributed by atoms with van der Waals surface area (Å²) in [5.74, 6) is 0.466. The number of piperazine rings is 1. The maximum atomic E-state index is 12.7. The van der Waals surface area contributed by atoms with Gasteiger partial charge in [0.15, 0.2) is 5.13 Å². The Morgan fingerprint density at radius 1 is 1.32 bits per heavy atom. The molecule has 0 bridgehead atoms. The Labute approximate surface area is 135 Å². The van der Waals surface area contributed by atoms with Gasteiger partial charge in [0.25, 0.3) is 5.91 Å². The molecule has 0 saturated carbocycles. The molecule has 0 aromatic carbocycles. The van der Waals surface area contributed by atoms with E-state index in [1.54, 1.807) is 11.3 Å². The number of amides is 1. The van der Waals surface area contributed by atoms with Crippen molar-refractivity contribution in [3.8, 4) is 0 Å². The van der Waals surface area contributed by atoms with Crippen LogP contribution in [-0.2, 0) is 0 Å². The maximum Gasteiger partial charge on any atom is 0.255 e. The molecular weight excluding hydrogens is 296 g/mol. The molecule has 0 radical (unpaired) electrons. The lowest BCUT2D eigenvalue weighted by atomic mass is 10.1. The molecule has 3 rings (SSSR count). The number of carbonyl (C=O) groups is 1. The highest BCUT2D eigenvalue weighted by Crippen LogP contribution is 2.23. The Kier molecular flexibility index (Phi) is 4.20. The molecule has 1 saturated heterocycles. The van der Waals surface area contributed by atoms with Gasteiger partial charge in [0.1, 0.15) is 0 Å². The molecule has 1 amide bonds. The van der Waals surface area contributed by atoms with Gasteiger partial charge in [-0.05, 0) is 18.9 Å². The van der Waals surface area contributed by atoms with Crippen molar-refractivity contribution in [1.82, 2.24) is 14.9 Å². The summed E-state index contributed by atoms with van der Waals surface area (Å²) in [6.45, 7) is 9.41. The van der Waals surface area contributed by atoms with Gasteiger partial charge in [0, 0.05) is 43.4 Å². The van der Waals surface area contributed by atoms with E-state index in [-0.39, 0.29) is 5.91 Å². The first kappa shape index (κ1) is 15.1. The second-order valence-corrected chi connectivity index (χ2v) is 6.85. The number of hydrogen-bond donors (Lipinski definition) is 1. The fourth-order valence-electron chi connectivity index (χ4n) is 2.80. The zero-order valence-corrected chi connectivity index (χ0v) is 14.1. The Bertz CT molecular complexity index is 653. The third-order valence-electron chi connectivity index (χ3n) is 4.03. The van der Waals surface area contributed by atoms with Crippen LogP contribution in [0.5, 0.6) is 0 Å². The molecule has 2 aromatic heterocycles. The van der Waals surface area contributed by atoms with Crippen LogP contribution >= 0.6 is 11.3 Å². The van der Waals surface area contributed by atoms with Gasteiger partial charge < -0.3 is 14.8 Å². The topological polar surface area (TPSA) is 52.2 Å². The lowest BCUT2D eigenvalue weighted by Gasteiger charge is -2.34. The number of thiazole rings is 1. The minimum absolute atomic E-state index is 0.139. The van der Waals surface area contributed by atoms with E-state index in [0.29, 0.717) is 5.92 Å². The highest BCUT2D eigenvalue weighted by Gasteiger charge is 2.25. The van der Waals surface area contributed by atoms with Crippen LogP contribution in [0, 0.1) is 6.92 Å². The molecule has 0 unspecified atom stereocenters. The molecule has 1 aliphatic rings. The first-order valence-corrected chi connectivity index (χ1v) is 8.58. The lowest BCUT2D eigenvalue weighted by Crippen LogP contribution is -2.48. The zero-order valence-electron chi connectivity index (χ0n) is 13.3. The number of rotatable bonds is 3. The van der Waals surface area contributed by atoms with Crippen LogP contribution in [0.1, 0.15) is 41.5 Å². The van der Waals surface area contributed by atoms with Crippen molar-refractivity contribution in [2.45, 2.75) is 26.7 Å². The second-order valence-electron chi connectivity index (χ2n) is 6.01. The van der Waals surface area contributed by atoms with E-state index in [1.807, 2.05) is 24.1 Å². The molecule has 118 valence electrons. The molecule has 3 heterocycles. The number of aromatic nitrogens is 2. The second kappa shape index (κ2) is 6.12. The first-order chi connectivity index (χ1) is 10.6. The Balaban J connectivity index is 1.66. The van der Waals surface area contributed by atoms with Crippen molar-refractivity contribution >= 4 is 22.4 Å². The van der Waals surface area contributed by atoms with Crippen LogP contribution in [0.15, 0.2) is 17.6 Å². The number of aryl methyl sites for hydroxylation is 1. The highest BCUT2D eigenvalue weighted by atomic mass is 32.1.